The van der Waals surface area contributed by atoms with Crippen LogP contribution in [0.25, 0.3) is 0 Å². The van der Waals surface area contributed by atoms with Gasteiger partial charge < -0.3 is 5.32 Å². The number of nitrogens with one attached hydrogen (secondary N) is 1. The van der Waals surface area contributed by atoms with Crippen LogP contribution in [0, 0.1) is 0 Å². The van der Waals surface area contributed by atoms with Crippen LogP contribution in [0.3, 0.4) is 0 Å². The van der Waals surface area contributed by atoms with Crippen LogP contribution < -0.4 is 5.32 Å². The molecule has 5 nitrogen and oxygen atoms in total. The molecule has 0 amide bonds. The zero-order chi connectivity index (χ0) is 15.7. The van der Waals surface area contributed by atoms with Gasteiger partial charge in [-0.2, -0.15) is 17.0 Å². The van der Waals surface area contributed by atoms with Crippen molar-refractivity contribution < 1.29 is 8.42 Å². The first-order valence-corrected chi connectivity index (χ1v) is 9.87. The summed E-state index contributed by atoms with van der Waals surface area (Å²) in [6, 6.07) is 0.203. The predicted octanol–water partition coefficient (Wildman–Crippen LogP) is 2.21. The zero-order valence-electron chi connectivity index (χ0n) is 14.0. The van der Waals surface area contributed by atoms with Crippen LogP contribution in [0.4, 0.5) is 0 Å². The molecule has 126 valence electrons. The first-order valence-electron chi connectivity index (χ1n) is 8.47. The van der Waals surface area contributed by atoms with E-state index in [1.54, 1.807) is 11.4 Å². The van der Waals surface area contributed by atoms with Gasteiger partial charge in [0.1, 0.15) is 0 Å². The summed E-state index contributed by atoms with van der Waals surface area (Å²) in [5, 5.41) is 3.32. The maximum atomic E-state index is 12.7. The van der Waals surface area contributed by atoms with Gasteiger partial charge in [0, 0.05) is 26.2 Å². The average molecular weight is 320 g/mol. The van der Waals surface area contributed by atoms with Crippen LogP contribution in [0.1, 0.15) is 58.8 Å². The fourth-order valence-corrected chi connectivity index (χ4v) is 4.59. The molecule has 1 atom stereocenters. The molecule has 0 saturated carbocycles. The van der Waals surface area contributed by atoms with Crippen molar-refractivity contribution >= 4 is 10.2 Å². The molecule has 0 radical (unpaired) electrons. The predicted molar refractivity (Wildman–Crippen MR) is 88.6 cm³/mol. The summed E-state index contributed by atoms with van der Waals surface area (Å²) < 4.78 is 28.7. The molecule has 1 rings (SSSR count). The standard InChI is InChI=1S/C15H33N3O2S/c1-4-9-15-10-6-7-14-18(15)21(19,20)17(3)13-8-12-16-11-5-2/h15-16H,4-14H2,1-3H3. The second-order valence-corrected chi connectivity index (χ2v) is 7.97. The van der Waals surface area contributed by atoms with Crippen LogP contribution in [0.2, 0.25) is 0 Å². The fourth-order valence-electron chi connectivity index (χ4n) is 2.92. The molecule has 0 aromatic rings. The van der Waals surface area contributed by atoms with E-state index in [1.807, 2.05) is 0 Å². The van der Waals surface area contributed by atoms with Crippen LogP contribution >= 0.6 is 0 Å². The summed E-state index contributed by atoms with van der Waals surface area (Å²) >= 11 is 0. The molecule has 1 heterocycles. The van der Waals surface area contributed by atoms with Gasteiger partial charge in [0.2, 0.25) is 0 Å². The summed E-state index contributed by atoms with van der Waals surface area (Å²) in [4.78, 5) is 0. The van der Waals surface area contributed by atoms with E-state index in [4.69, 9.17) is 0 Å². The summed E-state index contributed by atoms with van der Waals surface area (Å²) in [5.41, 5.74) is 0. The summed E-state index contributed by atoms with van der Waals surface area (Å²) in [5.74, 6) is 0. The third-order valence-corrected chi connectivity index (χ3v) is 6.18. The third-order valence-electron chi connectivity index (χ3n) is 4.14. The van der Waals surface area contributed by atoms with Crippen molar-refractivity contribution in [2.75, 3.05) is 33.2 Å². The van der Waals surface area contributed by atoms with Crippen LogP contribution in [0.5, 0.6) is 0 Å². The second-order valence-electron chi connectivity index (χ2n) is 5.98. The van der Waals surface area contributed by atoms with E-state index >= 15 is 0 Å². The molecule has 0 aliphatic carbocycles. The minimum Gasteiger partial charge on any atom is -0.317 e. The van der Waals surface area contributed by atoms with Crippen LogP contribution in [-0.4, -0.2) is 56.3 Å². The molecule has 1 unspecified atom stereocenters. The lowest BCUT2D eigenvalue weighted by atomic mass is 10.0. The average Bonchev–Trinajstić information content (AvgIpc) is 2.47. The monoisotopic (exact) mass is 319 g/mol. The molecule has 1 fully saturated rings. The molecule has 6 heteroatoms. The molecule has 0 aromatic carbocycles. The van der Waals surface area contributed by atoms with Gasteiger partial charge in [-0.05, 0) is 45.2 Å². The smallest absolute Gasteiger partial charge is 0.281 e. The Bertz CT molecular complexity index is 371. The second kappa shape index (κ2) is 9.77. The Morgan fingerprint density at radius 3 is 2.62 bits per heavy atom. The van der Waals surface area contributed by atoms with E-state index in [0.29, 0.717) is 13.1 Å². The fraction of sp³-hybridized carbons (Fsp3) is 1.00. The normalized spacial score (nSPS) is 21.0. The molecule has 0 aromatic heterocycles. The van der Waals surface area contributed by atoms with Crippen molar-refractivity contribution in [3.8, 4) is 0 Å². The SMILES string of the molecule is CCCNCCCN(C)S(=O)(=O)N1CCCCC1CCC. The number of piperidine rings is 1. The minimum absolute atomic E-state index is 0.203. The number of rotatable bonds is 10. The summed E-state index contributed by atoms with van der Waals surface area (Å²) in [6.45, 7) is 7.42. The van der Waals surface area contributed by atoms with Gasteiger partial charge in [0.15, 0.2) is 0 Å². The van der Waals surface area contributed by atoms with Gasteiger partial charge in [-0.25, -0.2) is 0 Å². The summed E-state index contributed by atoms with van der Waals surface area (Å²) in [7, 11) is -1.57. The zero-order valence-corrected chi connectivity index (χ0v) is 14.8. The van der Waals surface area contributed by atoms with E-state index in [-0.39, 0.29) is 6.04 Å². The highest BCUT2D eigenvalue weighted by molar-refractivity contribution is 7.86. The Labute approximate surface area is 131 Å². The molecule has 21 heavy (non-hydrogen) atoms. The highest BCUT2D eigenvalue weighted by Crippen LogP contribution is 2.25. The Morgan fingerprint density at radius 1 is 1.19 bits per heavy atom. The van der Waals surface area contributed by atoms with Gasteiger partial charge >= 0.3 is 0 Å². The summed E-state index contributed by atoms with van der Waals surface area (Å²) in [6.07, 6.45) is 7.15. The van der Waals surface area contributed by atoms with Crippen molar-refractivity contribution in [3.63, 3.8) is 0 Å². The third kappa shape index (κ3) is 5.85. The lowest BCUT2D eigenvalue weighted by molar-refractivity contribution is 0.224. The molecule has 1 aliphatic heterocycles. The molecule has 1 saturated heterocycles. The molecule has 1 aliphatic rings. The topological polar surface area (TPSA) is 52.7 Å². The van der Waals surface area contributed by atoms with Gasteiger partial charge in [-0.1, -0.05) is 26.7 Å². The van der Waals surface area contributed by atoms with Crippen molar-refractivity contribution in [1.82, 2.24) is 13.9 Å². The van der Waals surface area contributed by atoms with E-state index in [9.17, 15) is 8.42 Å². The van der Waals surface area contributed by atoms with Gasteiger partial charge in [-0.15, -0.1) is 0 Å². The molecule has 1 N–H and O–H groups in total. The Balaban J connectivity index is 2.52. The molecular formula is C15H33N3O2S. The first kappa shape index (κ1) is 18.9. The van der Waals surface area contributed by atoms with Gasteiger partial charge in [-0.3, -0.25) is 0 Å². The van der Waals surface area contributed by atoms with E-state index in [2.05, 4.69) is 19.2 Å². The maximum Gasteiger partial charge on any atom is 0.281 e. The van der Waals surface area contributed by atoms with Crippen LogP contribution in [0.15, 0.2) is 0 Å². The maximum absolute atomic E-state index is 12.7. The number of nitrogens with zero attached hydrogens (tertiary/aromatic N) is 2. The number of hydrogen-bond acceptors (Lipinski definition) is 3. The Kier molecular flexibility index (Phi) is 8.78. The first-order chi connectivity index (χ1) is 10.0. The highest BCUT2D eigenvalue weighted by atomic mass is 32.2. The van der Waals surface area contributed by atoms with Crippen molar-refractivity contribution in [2.24, 2.45) is 0 Å². The van der Waals surface area contributed by atoms with Gasteiger partial charge in [0.05, 0.1) is 0 Å². The number of hydrogen-bond donors (Lipinski definition) is 1. The highest BCUT2D eigenvalue weighted by Gasteiger charge is 2.34. The quantitative estimate of drug-likeness (QED) is 0.628. The van der Waals surface area contributed by atoms with E-state index < -0.39 is 10.2 Å². The van der Waals surface area contributed by atoms with E-state index in [1.165, 1.54) is 4.31 Å². The van der Waals surface area contributed by atoms with Crippen molar-refractivity contribution in [2.45, 2.75) is 64.8 Å². The minimum atomic E-state index is -3.29. The van der Waals surface area contributed by atoms with Crippen molar-refractivity contribution in [3.05, 3.63) is 0 Å². The van der Waals surface area contributed by atoms with E-state index in [0.717, 1.165) is 58.0 Å². The van der Waals surface area contributed by atoms with Crippen molar-refractivity contribution in [1.29, 1.82) is 0 Å². The van der Waals surface area contributed by atoms with Crippen LogP contribution in [-0.2, 0) is 10.2 Å². The Hall–Kier alpha value is -0.170. The molecule has 0 spiro atoms. The largest absolute Gasteiger partial charge is 0.317 e. The van der Waals surface area contributed by atoms with Gasteiger partial charge in [0.25, 0.3) is 10.2 Å². The Morgan fingerprint density at radius 2 is 1.95 bits per heavy atom. The molecule has 0 bridgehead atoms. The lowest BCUT2D eigenvalue weighted by Gasteiger charge is -2.37. The lowest BCUT2D eigenvalue weighted by Crippen LogP contribution is -2.49. The molecular weight excluding hydrogens is 286 g/mol.